The zero-order valence-corrected chi connectivity index (χ0v) is 14.1. The SMILES string of the molecule is COc1ccc(CCC(C)NC(=O)C2CSCN2)cc1.Cl. The molecule has 1 aromatic carbocycles. The van der Waals surface area contributed by atoms with Crippen LogP contribution in [0.1, 0.15) is 18.9 Å². The molecule has 2 rings (SSSR count). The van der Waals surface area contributed by atoms with Crippen molar-refractivity contribution in [3.05, 3.63) is 29.8 Å². The zero-order valence-electron chi connectivity index (χ0n) is 12.4. The predicted molar refractivity (Wildman–Crippen MR) is 90.4 cm³/mol. The number of benzene rings is 1. The zero-order chi connectivity index (χ0) is 14.4. The Morgan fingerprint density at radius 1 is 1.48 bits per heavy atom. The molecule has 21 heavy (non-hydrogen) atoms. The van der Waals surface area contributed by atoms with Crippen LogP contribution in [0.25, 0.3) is 0 Å². The number of methoxy groups -OCH3 is 1. The summed E-state index contributed by atoms with van der Waals surface area (Å²) in [5.74, 6) is 2.74. The molecule has 0 aliphatic carbocycles. The quantitative estimate of drug-likeness (QED) is 0.839. The largest absolute Gasteiger partial charge is 0.497 e. The Balaban J connectivity index is 0.00000220. The number of ether oxygens (including phenoxy) is 1. The Bertz CT molecular complexity index is 436. The maximum Gasteiger partial charge on any atom is 0.238 e. The third-order valence-corrected chi connectivity index (χ3v) is 4.39. The number of nitrogens with one attached hydrogen (secondary N) is 2. The highest BCUT2D eigenvalue weighted by molar-refractivity contribution is 7.99. The molecule has 2 N–H and O–H groups in total. The fourth-order valence-corrected chi connectivity index (χ4v) is 3.10. The van der Waals surface area contributed by atoms with Gasteiger partial charge in [-0.3, -0.25) is 10.1 Å². The minimum absolute atomic E-state index is 0. The van der Waals surface area contributed by atoms with Crippen molar-refractivity contribution in [3.63, 3.8) is 0 Å². The van der Waals surface area contributed by atoms with Gasteiger partial charge in [0.05, 0.1) is 13.2 Å². The van der Waals surface area contributed by atoms with E-state index in [0.29, 0.717) is 0 Å². The molecule has 1 aliphatic heterocycles. The first-order valence-corrected chi connectivity index (χ1v) is 8.09. The summed E-state index contributed by atoms with van der Waals surface area (Å²) in [6.07, 6.45) is 1.90. The Labute approximate surface area is 136 Å². The van der Waals surface area contributed by atoms with Crippen LogP contribution < -0.4 is 15.4 Å². The third-order valence-electron chi connectivity index (χ3n) is 3.45. The van der Waals surface area contributed by atoms with Gasteiger partial charge >= 0.3 is 0 Å². The van der Waals surface area contributed by atoms with E-state index in [0.717, 1.165) is 30.2 Å². The first kappa shape index (κ1) is 18.1. The second-order valence-electron chi connectivity index (χ2n) is 5.07. The summed E-state index contributed by atoms with van der Waals surface area (Å²) in [4.78, 5) is 11.9. The molecule has 4 nitrogen and oxygen atoms in total. The van der Waals surface area contributed by atoms with Crippen LogP contribution in [0.5, 0.6) is 5.75 Å². The molecule has 1 aromatic rings. The molecular formula is C15H23ClN2O2S. The van der Waals surface area contributed by atoms with Crippen LogP contribution in [-0.2, 0) is 11.2 Å². The first-order chi connectivity index (χ1) is 9.69. The molecule has 2 unspecified atom stereocenters. The molecule has 2 atom stereocenters. The predicted octanol–water partition coefficient (Wildman–Crippen LogP) is 2.22. The summed E-state index contributed by atoms with van der Waals surface area (Å²) >= 11 is 1.77. The normalized spacial score (nSPS) is 18.7. The van der Waals surface area contributed by atoms with Gasteiger partial charge in [-0.05, 0) is 37.5 Å². The molecule has 0 radical (unpaired) electrons. The van der Waals surface area contributed by atoms with Crippen molar-refractivity contribution >= 4 is 30.1 Å². The molecule has 0 spiro atoms. The number of rotatable bonds is 6. The van der Waals surface area contributed by atoms with Crippen molar-refractivity contribution in [1.29, 1.82) is 0 Å². The summed E-state index contributed by atoms with van der Waals surface area (Å²) in [5, 5.41) is 6.26. The summed E-state index contributed by atoms with van der Waals surface area (Å²) in [7, 11) is 1.67. The van der Waals surface area contributed by atoms with Crippen molar-refractivity contribution in [2.75, 3.05) is 18.7 Å². The number of aryl methyl sites for hydroxylation is 1. The van der Waals surface area contributed by atoms with Crippen LogP contribution in [0.3, 0.4) is 0 Å². The lowest BCUT2D eigenvalue weighted by atomic mass is 10.1. The van der Waals surface area contributed by atoms with Gasteiger partial charge < -0.3 is 10.1 Å². The summed E-state index contributed by atoms with van der Waals surface area (Å²) in [6.45, 7) is 2.06. The van der Waals surface area contributed by atoms with E-state index < -0.39 is 0 Å². The van der Waals surface area contributed by atoms with Crippen LogP contribution >= 0.6 is 24.2 Å². The van der Waals surface area contributed by atoms with Gasteiger partial charge in [0, 0.05) is 17.7 Å². The third kappa shape index (κ3) is 5.77. The van der Waals surface area contributed by atoms with Gasteiger partial charge in [-0.25, -0.2) is 0 Å². The second-order valence-corrected chi connectivity index (χ2v) is 6.10. The Kier molecular flexibility index (Phi) is 7.93. The molecule has 1 saturated heterocycles. The lowest BCUT2D eigenvalue weighted by Crippen LogP contribution is -2.45. The highest BCUT2D eigenvalue weighted by Crippen LogP contribution is 2.14. The number of carbonyl (C=O) groups is 1. The first-order valence-electron chi connectivity index (χ1n) is 6.93. The lowest BCUT2D eigenvalue weighted by molar-refractivity contribution is -0.123. The smallest absolute Gasteiger partial charge is 0.238 e. The van der Waals surface area contributed by atoms with Crippen LogP contribution in [0.4, 0.5) is 0 Å². The molecule has 0 aromatic heterocycles. The van der Waals surface area contributed by atoms with Gasteiger partial charge in [-0.1, -0.05) is 12.1 Å². The van der Waals surface area contributed by atoms with Gasteiger partial charge in [0.15, 0.2) is 0 Å². The van der Waals surface area contributed by atoms with Gasteiger partial charge in [-0.15, -0.1) is 24.2 Å². The average Bonchev–Trinajstić information content (AvgIpc) is 3.00. The summed E-state index contributed by atoms with van der Waals surface area (Å²) in [6, 6.07) is 8.25. The molecule has 1 heterocycles. The molecule has 118 valence electrons. The van der Waals surface area contributed by atoms with Crippen LogP contribution in [0, 0.1) is 0 Å². The summed E-state index contributed by atoms with van der Waals surface area (Å²) < 4.78 is 5.14. The van der Waals surface area contributed by atoms with E-state index in [2.05, 4.69) is 29.7 Å². The summed E-state index contributed by atoms with van der Waals surface area (Å²) in [5.41, 5.74) is 1.27. The number of amides is 1. The van der Waals surface area contributed by atoms with Crippen LogP contribution in [0.15, 0.2) is 24.3 Å². The molecule has 1 aliphatic rings. The van der Waals surface area contributed by atoms with Crippen LogP contribution in [0.2, 0.25) is 0 Å². The van der Waals surface area contributed by atoms with Gasteiger partial charge in [0.2, 0.25) is 5.91 Å². The Morgan fingerprint density at radius 3 is 2.76 bits per heavy atom. The van der Waals surface area contributed by atoms with E-state index in [-0.39, 0.29) is 30.4 Å². The molecule has 0 bridgehead atoms. The fourth-order valence-electron chi connectivity index (χ4n) is 2.15. The Morgan fingerprint density at radius 2 is 2.19 bits per heavy atom. The topological polar surface area (TPSA) is 50.4 Å². The molecular weight excluding hydrogens is 308 g/mol. The number of thioether (sulfide) groups is 1. The fraction of sp³-hybridized carbons (Fsp3) is 0.533. The second kappa shape index (κ2) is 9.18. The number of hydrogen-bond donors (Lipinski definition) is 2. The van der Waals surface area contributed by atoms with Gasteiger partial charge in [0.25, 0.3) is 0 Å². The van der Waals surface area contributed by atoms with Crippen molar-refractivity contribution in [2.45, 2.75) is 31.8 Å². The minimum atomic E-state index is -0.0246. The van der Waals surface area contributed by atoms with Crippen molar-refractivity contribution < 1.29 is 9.53 Å². The van der Waals surface area contributed by atoms with E-state index in [9.17, 15) is 4.79 Å². The van der Waals surface area contributed by atoms with E-state index in [1.165, 1.54) is 5.56 Å². The molecule has 1 fully saturated rings. The molecule has 0 saturated carbocycles. The van der Waals surface area contributed by atoms with E-state index in [1.54, 1.807) is 18.9 Å². The standard InChI is InChI=1S/C15H22N2O2S.ClH/c1-11(17-15(18)14-9-20-10-16-14)3-4-12-5-7-13(19-2)8-6-12;/h5-8,11,14,16H,3-4,9-10H2,1-2H3,(H,17,18);1H. The van der Waals surface area contributed by atoms with Crippen molar-refractivity contribution in [3.8, 4) is 5.75 Å². The van der Waals surface area contributed by atoms with Crippen molar-refractivity contribution in [1.82, 2.24) is 10.6 Å². The highest BCUT2D eigenvalue weighted by Gasteiger charge is 2.23. The maximum atomic E-state index is 11.9. The molecule has 1 amide bonds. The lowest BCUT2D eigenvalue weighted by Gasteiger charge is -2.17. The van der Waals surface area contributed by atoms with E-state index in [1.807, 2.05) is 12.1 Å². The number of hydrogen-bond acceptors (Lipinski definition) is 4. The van der Waals surface area contributed by atoms with Crippen LogP contribution in [-0.4, -0.2) is 36.7 Å². The number of halogens is 1. The Hall–Kier alpha value is -0.910. The highest BCUT2D eigenvalue weighted by atomic mass is 35.5. The van der Waals surface area contributed by atoms with E-state index in [4.69, 9.17) is 4.74 Å². The minimum Gasteiger partial charge on any atom is -0.497 e. The number of carbonyl (C=O) groups excluding carboxylic acids is 1. The average molecular weight is 331 g/mol. The monoisotopic (exact) mass is 330 g/mol. The van der Waals surface area contributed by atoms with E-state index >= 15 is 0 Å². The maximum absolute atomic E-state index is 11.9. The van der Waals surface area contributed by atoms with Gasteiger partial charge in [-0.2, -0.15) is 0 Å². The van der Waals surface area contributed by atoms with Crippen molar-refractivity contribution in [2.24, 2.45) is 0 Å². The van der Waals surface area contributed by atoms with Gasteiger partial charge in [0.1, 0.15) is 5.75 Å². The molecule has 6 heteroatoms.